The van der Waals surface area contributed by atoms with Gasteiger partial charge in [0.25, 0.3) is 0 Å². The van der Waals surface area contributed by atoms with Crippen LogP contribution >= 0.6 is 11.6 Å². The molecule has 0 unspecified atom stereocenters. The van der Waals surface area contributed by atoms with Crippen molar-refractivity contribution in [1.82, 2.24) is 15.1 Å². The number of benzene rings is 1. The van der Waals surface area contributed by atoms with Crippen molar-refractivity contribution in [3.05, 3.63) is 29.1 Å². The summed E-state index contributed by atoms with van der Waals surface area (Å²) in [7, 11) is 0. The van der Waals surface area contributed by atoms with Gasteiger partial charge < -0.3 is 4.52 Å². The minimum atomic E-state index is -0.470. The second-order valence-corrected chi connectivity index (χ2v) is 4.70. The molecule has 0 N–H and O–H groups in total. The van der Waals surface area contributed by atoms with E-state index in [4.69, 9.17) is 16.1 Å². The monoisotopic (exact) mass is 265 g/mol. The first-order chi connectivity index (χ1) is 8.58. The van der Waals surface area contributed by atoms with Crippen LogP contribution in [0.5, 0.6) is 0 Å². The molecule has 0 atom stereocenters. The molecule has 1 aromatic carbocycles. The van der Waals surface area contributed by atoms with Crippen molar-refractivity contribution in [1.29, 1.82) is 0 Å². The molecule has 0 saturated heterocycles. The molecule has 0 radical (unpaired) electrons. The number of nitrogens with zero attached hydrogens (tertiary/aromatic N) is 3. The van der Waals surface area contributed by atoms with E-state index >= 15 is 0 Å². The SMILES string of the molecule is CC(C)c1noc2c(F)cc3cnc(Cl)nc3c12. The highest BCUT2D eigenvalue weighted by Gasteiger charge is 2.19. The van der Waals surface area contributed by atoms with E-state index in [0.29, 0.717) is 22.0 Å². The second-order valence-electron chi connectivity index (χ2n) is 4.36. The molecule has 4 nitrogen and oxygen atoms in total. The highest BCUT2D eigenvalue weighted by molar-refractivity contribution is 6.28. The van der Waals surface area contributed by atoms with Gasteiger partial charge in [0.2, 0.25) is 10.9 Å². The molecule has 18 heavy (non-hydrogen) atoms. The molecule has 0 amide bonds. The van der Waals surface area contributed by atoms with E-state index in [1.54, 1.807) is 0 Å². The Balaban J connectivity index is 2.56. The van der Waals surface area contributed by atoms with Crippen molar-refractivity contribution in [3.8, 4) is 0 Å². The number of hydrogen-bond donors (Lipinski definition) is 0. The Kier molecular flexibility index (Phi) is 2.45. The zero-order chi connectivity index (χ0) is 12.9. The zero-order valence-corrected chi connectivity index (χ0v) is 10.5. The Hall–Kier alpha value is -1.75. The molecule has 92 valence electrons. The van der Waals surface area contributed by atoms with Crippen molar-refractivity contribution in [2.24, 2.45) is 0 Å². The minimum Gasteiger partial charge on any atom is -0.353 e. The summed E-state index contributed by atoms with van der Waals surface area (Å²) < 4.78 is 18.9. The van der Waals surface area contributed by atoms with Crippen LogP contribution in [0.15, 0.2) is 16.8 Å². The molecular weight excluding hydrogens is 257 g/mol. The van der Waals surface area contributed by atoms with Crippen LogP contribution in [0.3, 0.4) is 0 Å². The standard InChI is InChI=1S/C12H9ClFN3O/c1-5(2)9-8-10-6(4-15-12(13)16-10)3-7(14)11(8)18-17-9/h3-5H,1-2H3. The Morgan fingerprint density at radius 3 is 2.89 bits per heavy atom. The molecule has 6 heteroatoms. The van der Waals surface area contributed by atoms with Crippen LogP contribution in [0, 0.1) is 5.82 Å². The predicted octanol–water partition coefficient (Wildman–Crippen LogP) is 3.69. The van der Waals surface area contributed by atoms with Crippen LogP contribution in [0.1, 0.15) is 25.5 Å². The van der Waals surface area contributed by atoms with Gasteiger partial charge in [-0.25, -0.2) is 14.4 Å². The Morgan fingerprint density at radius 2 is 2.17 bits per heavy atom. The van der Waals surface area contributed by atoms with Gasteiger partial charge in [0.1, 0.15) is 0 Å². The third-order valence-electron chi connectivity index (χ3n) is 2.79. The lowest BCUT2D eigenvalue weighted by atomic mass is 10.0. The maximum Gasteiger partial charge on any atom is 0.222 e. The molecule has 3 rings (SSSR count). The zero-order valence-electron chi connectivity index (χ0n) is 9.74. The van der Waals surface area contributed by atoms with Crippen LogP contribution < -0.4 is 0 Å². The van der Waals surface area contributed by atoms with Crippen LogP contribution in [0.2, 0.25) is 5.28 Å². The van der Waals surface area contributed by atoms with Crippen molar-refractivity contribution in [2.75, 3.05) is 0 Å². The van der Waals surface area contributed by atoms with Gasteiger partial charge in [0.15, 0.2) is 5.82 Å². The van der Waals surface area contributed by atoms with E-state index in [9.17, 15) is 4.39 Å². The van der Waals surface area contributed by atoms with Gasteiger partial charge in [-0.3, -0.25) is 0 Å². The first-order valence-electron chi connectivity index (χ1n) is 5.48. The molecule has 0 fully saturated rings. The molecule has 0 aliphatic heterocycles. The van der Waals surface area contributed by atoms with E-state index in [1.807, 2.05) is 13.8 Å². The topological polar surface area (TPSA) is 51.8 Å². The van der Waals surface area contributed by atoms with Crippen molar-refractivity contribution < 1.29 is 8.91 Å². The lowest BCUT2D eigenvalue weighted by Crippen LogP contribution is -1.92. The van der Waals surface area contributed by atoms with E-state index in [0.717, 1.165) is 0 Å². The summed E-state index contributed by atoms with van der Waals surface area (Å²) in [6, 6.07) is 1.32. The quantitative estimate of drug-likeness (QED) is 0.630. The van der Waals surface area contributed by atoms with Gasteiger partial charge in [0.05, 0.1) is 16.6 Å². The first kappa shape index (κ1) is 11.3. The molecule has 0 saturated carbocycles. The van der Waals surface area contributed by atoms with Gasteiger partial charge in [-0.1, -0.05) is 19.0 Å². The van der Waals surface area contributed by atoms with Gasteiger partial charge in [0, 0.05) is 11.6 Å². The Bertz CT molecular complexity index is 754. The summed E-state index contributed by atoms with van der Waals surface area (Å²) in [5.74, 6) is -0.368. The average molecular weight is 266 g/mol. The summed E-state index contributed by atoms with van der Waals surface area (Å²) in [4.78, 5) is 8.00. The van der Waals surface area contributed by atoms with Crippen LogP contribution in [-0.2, 0) is 0 Å². The summed E-state index contributed by atoms with van der Waals surface area (Å²) in [6.07, 6.45) is 1.49. The smallest absolute Gasteiger partial charge is 0.222 e. The predicted molar refractivity (Wildman–Crippen MR) is 66.2 cm³/mol. The lowest BCUT2D eigenvalue weighted by molar-refractivity contribution is 0.428. The fourth-order valence-corrected chi connectivity index (χ4v) is 2.10. The fourth-order valence-electron chi connectivity index (χ4n) is 1.97. The van der Waals surface area contributed by atoms with Gasteiger partial charge in [-0.2, -0.15) is 0 Å². The molecule has 3 aromatic rings. The van der Waals surface area contributed by atoms with Crippen LogP contribution in [0.25, 0.3) is 21.9 Å². The van der Waals surface area contributed by atoms with Crippen LogP contribution in [0.4, 0.5) is 4.39 Å². The van der Waals surface area contributed by atoms with Crippen molar-refractivity contribution in [3.63, 3.8) is 0 Å². The maximum atomic E-state index is 13.9. The van der Waals surface area contributed by atoms with E-state index in [-0.39, 0.29) is 16.8 Å². The van der Waals surface area contributed by atoms with E-state index in [1.165, 1.54) is 12.3 Å². The van der Waals surface area contributed by atoms with Crippen molar-refractivity contribution >= 4 is 33.5 Å². The van der Waals surface area contributed by atoms with Gasteiger partial charge >= 0.3 is 0 Å². The van der Waals surface area contributed by atoms with E-state index < -0.39 is 5.82 Å². The number of aromatic nitrogens is 3. The molecule has 2 aromatic heterocycles. The molecule has 0 aliphatic rings. The minimum absolute atomic E-state index is 0.102. The second kappa shape index (κ2) is 3.88. The number of rotatable bonds is 1. The van der Waals surface area contributed by atoms with E-state index in [2.05, 4.69) is 15.1 Å². The van der Waals surface area contributed by atoms with Gasteiger partial charge in [-0.15, -0.1) is 0 Å². The summed E-state index contributed by atoms with van der Waals surface area (Å²) in [6.45, 7) is 3.91. The highest BCUT2D eigenvalue weighted by Crippen LogP contribution is 2.32. The maximum absolute atomic E-state index is 13.9. The van der Waals surface area contributed by atoms with Gasteiger partial charge in [-0.05, 0) is 23.6 Å². The van der Waals surface area contributed by atoms with Crippen molar-refractivity contribution in [2.45, 2.75) is 19.8 Å². The number of fused-ring (bicyclic) bond motifs is 3. The molecular formula is C12H9ClFN3O. The fraction of sp³-hybridized carbons (Fsp3) is 0.250. The first-order valence-corrected chi connectivity index (χ1v) is 5.85. The molecule has 0 aliphatic carbocycles. The summed E-state index contributed by atoms with van der Waals surface area (Å²) in [5, 5.41) is 5.19. The number of halogens is 2. The largest absolute Gasteiger partial charge is 0.353 e. The third-order valence-corrected chi connectivity index (χ3v) is 2.97. The Morgan fingerprint density at radius 1 is 1.39 bits per heavy atom. The summed E-state index contributed by atoms with van der Waals surface area (Å²) >= 11 is 5.79. The molecule has 0 bridgehead atoms. The summed E-state index contributed by atoms with van der Waals surface area (Å²) in [5.41, 5.74) is 1.35. The lowest BCUT2D eigenvalue weighted by Gasteiger charge is -2.02. The highest BCUT2D eigenvalue weighted by atomic mass is 35.5. The molecule has 2 heterocycles. The normalized spacial score (nSPS) is 11.8. The third kappa shape index (κ3) is 1.54. The van der Waals surface area contributed by atoms with Crippen LogP contribution in [-0.4, -0.2) is 15.1 Å². The Labute approximate surface area is 107 Å². The number of hydrogen-bond acceptors (Lipinski definition) is 4. The molecule has 0 spiro atoms. The average Bonchev–Trinajstić information content (AvgIpc) is 2.76.